The monoisotopic (exact) mass is 515 g/mol. The molecule has 9 heteroatoms. The molecule has 38 heavy (non-hydrogen) atoms. The molecule has 2 aliphatic heterocycles. The van der Waals surface area contributed by atoms with E-state index in [1.54, 1.807) is 13.2 Å². The zero-order valence-electron chi connectivity index (χ0n) is 21.9. The number of methoxy groups -OCH3 is 1. The summed E-state index contributed by atoms with van der Waals surface area (Å²) in [5.74, 6) is 2.33. The molecule has 0 bridgehead atoms. The minimum Gasteiger partial charge on any atom is -0.506 e. The van der Waals surface area contributed by atoms with E-state index >= 15 is 0 Å². The number of fused-ring (bicyclic) bond motifs is 3. The molecular formula is C29H33N5O4. The standard InChI is InChI=1S/C29H33N5O4/c1-32-26-21(12-20(14-23(26)35)29(36)33-10-9-24-19(16-33)4-3-11-38-24)30-28(32)22-13-18-7-8-25(37-2)31-27(18)34(22)15-17-5-6-17/h7-8,12-14,17,19,24,35H,3-6,9-11,15-16H2,1-2H3/t19-,24+/m0/s1. The number of benzene rings is 1. The molecule has 2 saturated heterocycles. The Morgan fingerprint density at radius 1 is 1.16 bits per heavy atom. The highest BCUT2D eigenvalue weighted by molar-refractivity contribution is 6.00. The number of phenolic OH excluding ortho intramolecular Hbond substituents is 1. The van der Waals surface area contributed by atoms with Crippen LogP contribution in [0.4, 0.5) is 0 Å². The van der Waals surface area contributed by atoms with E-state index in [4.69, 9.17) is 19.4 Å². The van der Waals surface area contributed by atoms with Crippen molar-refractivity contribution in [3.63, 3.8) is 0 Å². The van der Waals surface area contributed by atoms with Gasteiger partial charge in [-0.3, -0.25) is 4.79 Å². The van der Waals surface area contributed by atoms with Crippen LogP contribution in [0.5, 0.6) is 11.6 Å². The fraction of sp³-hybridized carbons (Fsp3) is 0.483. The van der Waals surface area contributed by atoms with Crippen LogP contribution in [-0.2, 0) is 18.3 Å². The maximum atomic E-state index is 13.5. The predicted molar refractivity (Wildman–Crippen MR) is 143 cm³/mol. The van der Waals surface area contributed by atoms with E-state index < -0.39 is 0 Å². The summed E-state index contributed by atoms with van der Waals surface area (Å²) in [6.07, 6.45) is 5.69. The maximum Gasteiger partial charge on any atom is 0.254 e. The third-order valence-corrected chi connectivity index (χ3v) is 8.49. The Bertz CT molecular complexity index is 1550. The summed E-state index contributed by atoms with van der Waals surface area (Å²) < 4.78 is 15.4. The number of rotatable bonds is 5. The van der Waals surface area contributed by atoms with Gasteiger partial charge in [0.2, 0.25) is 5.88 Å². The summed E-state index contributed by atoms with van der Waals surface area (Å²) in [6.45, 7) is 3.06. The largest absolute Gasteiger partial charge is 0.506 e. The van der Waals surface area contributed by atoms with Gasteiger partial charge in [0.1, 0.15) is 16.9 Å². The van der Waals surface area contributed by atoms with Gasteiger partial charge in [-0.15, -0.1) is 0 Å². The molecule has 2 atom stereocenters. The summed E-state index contributed by atoms with van der Waals surface area (Å²) in [6, 6.07) is 9.40. The lowest BCUT2D eigenvalue weighted by Crippen LogP contribution is -2.48. The number of carbonyl (C=O) groups excluding carboxylic acids is 1. The molecule has 198 valence electrons. The molecule has 3 aliphatic rings. The Hall–Kier alpha value is -3.59. The van der Waals surface area contributed by atoms with Crippen molar-refractivity contribution in [1.82, 2.24) is 24.0 Å². The predicted octanol–water partition coefficient (Wildman–Crippen LogP) is 4.36. The molecule has 4 aromatic rings. The molecule has 0 spiro atoms. The van der Waals surface area contributed by atoms with Crippen LogP contribution in [0.1, 0.15) is 42.5 Å². The molecule has 0 radical (unpaired) electrons. The van der Waals surface area contributed by atoms with Gasteiger partial charge >= 0.3 is 0 Å². The van der Waals surface area contributed by atoms with E-state index in [9.17, 15) is 9.90 Å². The fourth-order valence-corrected chi connectivity index (χ4v) is 6.29. The molecule has 1 amide bonds. The number of piperidine rings is 1. The second-order valence-corrected chi connectivity index (χ2v) is 11.1. The van der Waals surface area contributed by atoms with Gasteiger partial charge in [0.25, 0.3) is 5.91 Å². The SMILES string of the molecule is COc1ccc2cc(-c3nc4cc(C(=O)N5CC[C@H]6OCCC[C@H]6C5)cc(O)c4n3C)n(CC3CC3)c2n1. The molecule has 3 aromatic heterocycles. The average molecular weight is 516 g/mol. The van der Waals surface area contributed by atoms with Crippen molar-refractivity contribution in [2.75, 3.05) is 26.8 Å². The van der Waals surface area contributed by atoms with Crippen LogP contribution in [0, 0.1) is 11.8 Å². The fourth-order valence-electron chi connectivity index (χ4n) is 6.29. The molecule has 1 aliphatic carbocycles. The Balaban J connectivity index is 1.27. The van der Waals surface area contributed by atoms with Crippen molar-refractivity contribution in [2.45, 2.75) is 44.8 Å². The summed E-state index contributed by atoms with van der Waals surface area (Å²) in [4.78, 5) is 25.1. The van der Waals surface area contributed by atoms with E-state index in [-0.39, 0.29) is 17.8 Å². The molecule has 5 heterocycles. The second-order valence-electron chi connectivity index (χ2n) is 11.1. The van der Waals surface area contributed by atoms with Crippen LogP contribution in [0.25, 0.3) is 33.6 Å². The normalized spacial score (nSPS) is 21.7. The minimum atomic E-state index is -0.0578. The Morgan fingerprint density at radius 3 is 2.84 bits per heavy atom. The molecular weight excluding hydrogens is 482 g/mol. The Morgan fingerprint density at radius 2 is 2.03 bits per heavy atom. The molecule has 1 N–H and O–H groups in total. The van der Waals surface area contributed by atoms with Crippen LogP contribution in [0.2, 0.25) is 0 Å². The number of pyridine rings is 1. The van der Waals surface area contributed by atoms with Crippen LogP contribution in [-0.4, -0.2) is 67.9 Å². The first kappa shape index (κ1) is 23.5. The van der Waals surface area contributed by atoms with Crippen LogP contribution >= 0.6 is 0 Å². The number of hydrogen-bond donors (Lipinski definition) is 1. The number of carbonyl (C=O) groups is 1. The van der Waals surface area contributed by atoms with Gasteiger partial charge in [0.05, 0.1) is 24.4 Å². The van der Waals surface area contributed by atoms with Gasteiger partial charge in [0, 0.05) is 56.2 Å². The number of phenols is 1. The van der Waals surface area contributed by atoms with E-state index in [0.29, 0.717) is 47.4 Å². The van der Waals surface area contributed by atoms with Gasteiger partial charge < -0.3 is 28.6 Å². The van der Waals surface area contributed by atoms with Crippen molar-refractivity contribution in [1.29, 1.82) is 0 Å². The van der Waals surface area contributed by atoms with E-state index in [2.05, 4.69) is 10.6 Å². The van der Waals surface area contributed by atoms with Gasteiger partial charge in [-0.25, -0.2) is 4.98 Å². The average Bonchev–Trinajstić information content (AvgIpc) is 3.61. The lowest BCUT2D eigenvalue weighted by molar-refractivity contribution is -0.0606. The highest BCUT2D eigenvalue weighted by Gasteiger charge is 2.34. The second kappa shape index (κ2) is 9.01. The lowest BCUT2D eigenvalue weighted by Gasteiger charge is -2.41. The smallest absolute Gasteiger partial charge is 0.254 e. The van der Waals surface area contributed by atoms with Gasteiger partial charge in [0.15, 0.2) is 5.82 Å². The van der Waals surface area contributed by atoms with E-state index in [1.165, 1.54) is 12.8 Å². The van der Waals surface area contributed by atoms with Crippen LogP contribution in [0.3, 0.4) is 0 Å². The number of imidazole rings is 1. The number of aromatic hydroxyl groups is 1. The molecule has 9 nitrogen and oxygen atoms in total. The number of nitrogens with zero attached hydrogens (tertiary/aromatic N) is 5. The van der Waals surface area contributed by atoms with Gasteiger partial charge in [-0.2, -0.15) is 4.98 Å². The van der Waals surface area contributed by atoms with E-state index in [1.807, 2.05) is 34.7 Å². The number of aromatic nitrogens is 4. The highest BCUT2D eigenvalue weighted by atomic mass is 16.5. The van der Waals surface area contributed by atoms with Crippen LogP contribution < -0.4 is 4.74 Å². The third kappa shape index (κ3) is 3.91. The van der Waals surface area contributed by atoms with Gasteiger partial charge in [-0.05, 0) is 62.3 Å². The Kier molecular flexibility index (Phi) is 5.58. The molecule has 1 aromatic carbocycles. The zero-order chi connectivity index (χ0) is 26.0. The number of amides is 1. The molecule has 3 fully saturated rings. The molecule has 7 rings (SSSR count). The maximum absolute atomic E-state index is 13.5. The topological polar surface area (TPSA) is 94.6 Å². The van der Waals surface area contributed by atoms with Gasteiger partial charge in [-0.1, -0.05) is 0 Å². The molecule has 1 saturated carbocycles. The number of hydrogen-bond acceptors (Lipinski definition) is 6. The third-order valence-electron chi connectivity index (χ3n) is 8.49. The Labute approximate surface area is 221 Å². The first-order valence-corrected chi connectivity index (χ1v) is 13.6. The number of ether oxygens (including phenoxy) is 2. The lowest BCUT2D eigenvalue weighted by atomic mass is 9.88. The quantitative estimate of drug-likeness (QED) is 0.425. The van der Waals surface area contributed by atoms with Crippen molar-refractivity contribution < 1.29 is 19.4 Å². The summed E-state index contributed by atoms with van der Waals surface area (Å²) >= 11 is 0. The zero-order valence-corrected chi connectivity index (χ0v) is 21.9. The van der Waals surface area contributed by atoms with E-state index in [0.717, 1.165) is 55.0 Å². The summed E-state index contributed by atoms with van der Waals surface area (Å²) in [7, 11) is 3.54. The van der Waals surface area contributed by atoms with Crippen LogP contribution in [0.15, 0.2) is 30.3 Å². The first-order valence-electron chi connectivity index (χ1n) is 13.6. The number of likely N-dealkylation sites (tertiary alicyclic amines) is 1. The van der Waals surface area contributed by atoms with Crippen molar-refractivity contribution >= 4 is 28.0 Å². The van der Waals surface area contributed by atoms with Crippen molar-refractivity contribution in [2.24, 2.45) is 18.9 Å². The highest BCUT2D eigenvalue weighted by Crippen LogP contribution is 2.38. The first-order chi connectivity index (χ1) is 18.5. The van der Waals surface area contributed by atoms with Crippen molar-refractivity contribution in [3.8, 4) is 23.1 Å². The number of aryl methyl sites for hydroxylation is 1. The summed E-state index contributed by atoms with van der Waals surface area (Å²) in [5.41, 5.74) is 3.51. The summed E-state index contributed by atoms with van der Waals surface area (Å²) in [5, 5.41) is 12.1. The van der Waals surface area contributed by atoms with Crippen molar-refractivity contribution in [3.05, 3.63) is 35.9 Å². The molecule has 0 unspecified atom stereocenters. The minimum absolute atomic E-state index is 0.0578.